The smallest absolute Gasteiger partial charge is 0.328 e. The normalized spacial score (nSPS) is 21.0. The van der Waals surface area contributed by atoms with Crippen LogP contribution in [0.25, 0.3) is 17.0 Å². The number of alkyl halides is 2. The van der Waals surface area contributed by atoms with Gasteiger partial charge in [0.2, 0.25) is 0 Å². The van der Waals surface area contributed by atoms with Crippen LogP contribution in [0, 0.1) is 5.92 Å². The van der Waals surface area contributed by atoms with Gasteiger partial charge in [-0.2, -0.15) is 23.1 Å². The fraction of sp³-hybridized carbons (Fsp3) is 0.435. The van der Waals surface area contributed by atoms with Crippen LogP contribution in [0.4, 0.5) is 14.6 Å². The molecule has 3 N–H and O–H groups in total. The van der Waals surface area contributed by atoms with Crippen molar-refractivity contribution in [2.24, 2.45) is 16.6 Å². The van der Waals surface area contributed by atoms with Gasteiger partial charge in [-0.15, -0.1) is 0 Å². The molecule has 1 aliphatic heterocycles. The summed E-state index contributed by atoms with van der Waals surface area (Å²) in [5.74, 6) is 1.26. The maximum atomic E-state index is 13.1. The average molecular weight is 532 g/mol. The summed E-state index contributed by atoms with van der Waals surface area (Å²) in [5.41, 5.74) is 7.38. The molecule has 4 heterocycles. The van der Waals surface area contributed by atoms with E-state index >= 15 is 0 Å². The third kappa shape index (κ3) is 4.78. The summed E-state index contributed by atoms with van der Waals surface area (Å²) < 4.78 is 52.6. The number of nitrogens with zero attached hydrogens (tertiary/aromatic N) is 7. The topological polar surface area (TPSA) is 146 Å². The minimum Gasteiger partial charge on any atom is -0.328 e. The quantitative estimate of drug-likeness (QED) is 0.450. The van der Waals surface area contributed by atoms with Gasteiger partial charge < -0.3 is 11.1 Å². The monoisotopic (exact) mass is 531 g/mol. The highest BCUT2D eigenvalue weighted by molar-refractivity contribution is 7.90. The zero-order chi connectivity index (χ0) is 26.4. The van der Waals surface area contributed by atoms with Crippen LogP contribution in [0.1, 0.15) is 51.8 Å². The van der Waals surface area contributed by atoms with Crippen LogP contribution < -0.4 is 11.1 Å². The highest BCUT2D eigenvalue weighted by Crippen LogP contribution is 2.38. The molecule has 0 aromatic carbocycles. The molecule has 2 unspecified atom stereocenters. The zero-order valence-electron chi connectivity index (χ0n) is 20.3. The molecule has 3 aromatic heterocycles. The second kappa shape index (κ2) is 9.41. The van der Waals surface area contributed by atoms with Gasteiger partial charge in [0.05, 0.1) is 34.4 Å². The maximum absolute atomic E-state index is 13.1. The van der Waals surface area contributed by atoms with Crippen molar-refractivity contribution in [3.05, 3.63) is 48.8 Å². The number of hydrogen-bond donors (Lipinski definition) is 2. The van der Waals surface area contributed by atoms with E-state index in [4.69, 9.17) is 5.73 Å². The van der Waals surface area contributed by atoms with Crippen LogP contribution in [0.3, 0.4) is 0 Å². The summed E-state index contributed by atoms with van der Waals surface area (Å²) >= 11 is 0. The predicted molar refractivity (Wildman–Crippen MR) is 134 cm³/mol. The average Bonchev–Trinajstić information content (AvgIpc) is 3.41. The molecule has 0 bridgehead atoms. The summed E-state index contributed by atoms with van der Waals surface area (Å²) in [7, 11) is -3.49. The van der Waals surface area contributed by atoms with Gasteiger partial charge in [-0.25, -0.2) is 28.1 Å². The highest BCUT2D eigenvalue weighted by Gasteiger charge is 2.40. The molecule has 2 aliphatic rings. The molecular weight excluding hydrogens is 504 g/mol. The van der Waals surface area contributed by atoms with Crippen molar-refractivity contribution in [1.29, 1.82) is 0 Å². The molecule has 0 radical (unpaired) electrons. The largest absolute Gasteiger partial charge is 0.333 e. The number of anilines is 1. The van der Waals surface area contributed by atoms with Crippen molar-refractivity contribution in [1.82, 2.24) is 28.9 Å². The fourth-order valence-corrected chi connectivity index (χ4v) is 5.73. The Labute approximate surface area is 212 Å². The minimum absolute atomic E-state index is 0.0111. The number of nitrogens with two attached hydrogens (primary N) is 1. The molecule has 1 aliphatic carbocycles. The Kier molecular flexibility index (Phi) is 6.40. The number of hydrogen-bond acceptors (Lipinski definition) is 9. The van der Waals surface area contributed by atoms with Gasteiger partial charge in [0.1, 0.15) is 11.7 Å². The van der Waals surface area contributed by atoms with Crippen LogP contribution in [-0.4, -0.2) is 54.0 Å². The summed E-state index contributed by atoms with van der Waals surface area (Å²) in [5, 5.41) is 10.8. The maximum Gasteiger partial charge on any atom is 0.333 e. The van der Waals surface area contributed by atoms with Gasteiger partial charge in [0, 0.05) is 30.6 Å². The molecule has 14 heteroatoms. The van der Waals surface area contributed by atoms with Gasteiger partial charge >= 0.3 is 6.55 Å². The van der Waals surface area contributed by atoms with Gasteiger partial charge in [-0.05, 0) is 30.9 Å². The number of aliphatic imine (C=N–C) groups is 1. The van der Waals surface area contributed by atoms with Gasteiger partial charge in [-0.1, -0.05) is 20.3 Å². The first kappa shape index (κ1) is 25.1. The lowest BCUT2D eigenvalue weighted by Gasteiger charge is -2.39. The van der Waals surface area contributed by atoms with Gasteiger partial charge in [0.15, 0.2) is 5.82 Å². The van der Waals surface area contributed by atoms with Crippen molar-refractivity contribution in [2.75, 3.05) is 5.32 Å². The molecule has 1 fully saturated rings. The molecule has 2 atom stereocenters. The Morgan fingerprint density at radius 2 is 2.08 bits per heavy atom. The number of aromatic nitrogens is 6. The first-order chi connectivity index (χ1) is 17.6. The second-order valence-electron chi connectivity index (χ2n) is 9.34. The third-order valence-electron chi connectivity index (χ3n) is 6.84. The van der Waals surface area contributed by atoms with E-state index in [1.807, 2.05) is 13.8 Å². The Morgan fingerprint density at radius 3 is 2.76 bits per heavy atom. The number of amidine groups is 1. The first-order valence-electron chi connectivity index (χ1n) is 11.9. The van der Waals surface area contributed by atoms with E-state index in [2.05, 4.69) is 30.5 Å². The molecule has 0 amide bonds. The Balaban J connectivity index is 1.41. The number of halogens is 2. The van der Waals surface area contributed by atoms with Gasteiger partial charge in [0.25, 0.3) is 10.0 Å². The van der Waals surface area contributed by atoms with Crippen LogP contribution in [-0.2, 0) is 10.0 Å². The van der Waals surface area contributed by atoms with Crippen LogP contribution in [0.2, 0.25) is 0 Å². The molecular formula is C23H27F2N9O2S. The van der Waals surface area contributed by atoms with Gasteiger partial charge in [-0.3, -0.25) is 0 Å². The molecule has 11 nitrogen and oxygen atoms in total. The SMILES string of the molecule is CCC(C)C1(N)CC(Nc2ccnc(-c3cnn(S(=O)(=O)C4CC4)c3)n2)=NC=C1c1ccn(C(F)F)n1. The van der Waals surface area contributed by atoms with Crippen molar-refractivity contribution < 1.29 is 17.2 Å². The Bertz CT molecular complexity index is 1480. The van der Waals surface area contributed by atoms with E-state index in [0.717, 1.165) is 10.5 Å². The highest BCUT2D eigenvalue weighted by atomic mass is 32.2. The molecule has 5 rings (SSSR count). The summed E-state index contributed by atoms with van der Waals surface area (Å²) in [4.78, 5) is 13.2. The van der Waals surface area contributed by atoms with E-state index < -0.39 is 22.1 Å². The molecule has 0 saturated heterocycles. The van der Waals surface area contributed by atoms with Crippen LogP contribution in [0.5, 0.6) is 0 Å². The lowest BCUT2D eigenvalue weighted by Crippen LogP contribution is -2.51. The molecule has 37 heavy (non-hydrogen) atoms. The standard InChI is InChI=1S/C23H27F2N9O2S/c1-3-14(2)23(26)10-20(28-12-17(23)18-7-9-33(32-18)22(24)25)30-19-6-8-27-21(31-19)15-11-29-34(13-15)37(35,36)16-4-5-16/h6-9,11-14,16,22H,3-5,10,26H2,1-2H3,(H,27,28,30,31). The molecule has 3 aromatic rings. The lowest BCUT2D eigenvalue weighted by atomic mass is 9.73. The minimum atomic E-state index is -3.49. The number of rotatable bonds is 8. The predicted octanol–water partition coefficient (Wildman–Crippen LogP) is 3.27. The fourth-order valence-electron chi connectivity index (χ4n) is 4.25. The molecule has 0 spiro atoms. The Hall–Kier alpha value is -3.52. The third-order valence-corrected chi connectivity index (χ3v) is 8.87. The van der Waals surface area contributed by atoms with Crippen molar-refractivity contribution in [3.63, 3.8) is 0 Å². The van der Waals surface area contributed by atoms with E-state index in [9.17, 15) is 17.2 Å². The zero-order valence-corrected chi connectivity index (χ0v) is 21.1. The van der Waals surface area contributed by atoms with E-state index in [0.29, 0.717) is 58.3 Å². The van der Waals surface area contributed by atoms with E-state index in [1.165, 1.54) is 24.7 Å². The summed E-state index contributed by atoms with van der Waals surface area (Å²) in [6.07, 6.45) is 9.47. The van der Waals surface area contributed by atoms with Crippen molar-refractivity contribution in [3.8, 4) is 11.4 Å². The number of nitrogens with one attached hydrogen (secondary N) is 1. The van der Waals surface area contributed by atoms with Crippen LogP contribution in [0.15, 0.2) is 48.1 Å². The second-order valence-corrected chi connectivity index (χ2v) is 11.4. The first-order valence-corrected chi connectivity index (χ1v) is 13.4. The van der Waals surface area contributed by atoms with E-state index in [1.54, 1.807) is 18.5 Å². The molecule has 196 valence electrons. The van der Waals surface area contributed by atoms with E-state index in [-0.39, 0.29) is 11.2 Å². The Morgan fingerprint density at radius 1 is 1.30 bits per heavy atom. The van der Waals surface area contributed by atoms with Crippen molar-refractivity contribution >= 4 is 27.2 Å². The lowest BCUT2D eigenvalue weighted by molar-refractivity contribution is 0.0564. The summed E-state index contributed by atoms with van der Waals surface area (Å²) in [6.45, 7) is 1.26. The van der Waals surface area contributed by atoms with Crippen LogP contribution >= 0.6 is 0 Å². The summed E-state index contributed by atoms with van der Waals surface area (Å²) in [6, 6.07) is 3.17. The van der Waals surface area contributed by atoms with Crippen molar-refractivity contribution in [2.45, 2.75) is 56.9 Å². The molecule has 1 saturated carbocycles.